The van der Waals surface area contributed by atoms with Gasteiger partial charge in [-0.05, 0) is 18.8 Å². The fraction of sp³-hybridized carbons (Fsp3) is 0.875. The van der Waals surface area contributed by atoms with E-state index in [1.54, 1.807) is 0 Å². The van der Waals surface area contributed by atoms with Crippen LogP contribution < -0.4 is 0 Å². The molecule has 0 aromatic carbocycles. The van der Waals surface area contributed by atoms with Gasteiger partial charge in [0.1, 0.15) is 6.54 Å². The molecule has 17 heavy (non-hydrogen) atoms. The van der Waals surface area contributed by atoms with E-state index in [0.29, 0.717) is 0 Å². The third kappa shape index (κ3) is 5.46. The van der Waals surface area contributed by atoms with Gasteiger partial charge in [0.2, 0.25) is 10.0 Å². The predicted molar refractivity (Wildman–Crippen MR) is 60.6 cm³/mol. The van der Waals surface area contributed by atoms with E-state index in [-0.39, 0.29) is 12.5 Å². The Kier molecular flexibility index (Phi) is 4.15. The molecule has 1 aliphatic carbocycles. The topological polar surface area (TPSA) is 109 Å². The van der Waals surface area contributed by atoms with E-state index in [1.807, 2.05) is 0 Å². The minimum atomic E-state index is -4.07. The van der Waals surface area contributed by atoms with Gasteiger partial charge in [0.05, 0.1) is 0 Å². The number of hydrogen-bond acceptors (Lipinski definition) is 5. The Balaban J connectivity index is 2.82. The number of rotatable bonds is 7. The van der Waals surface area contributed by atoms with Crippen molar-refractivity contribution in [2.45, 2.75) is 12.8 Å². The van der Waals surface area contributed by atoms with Gasteiger partial charge in [0, 0.05) is 12.8 Å². The maximum absolute atomic E-state index is 11.7. The van der Waals surface area contributed by atoms with Crippen LogP contribution >= 0.6 is 0 Å². The highest BCUT2D eigenvalue weighted by Gasteiger charge is 2.33. The van der Waals surface area contributed by atoms with E-state index in [9.17, 15) is 21.6 Å². The van der Waals surface area contributed by atoms with Gasteiger partial charge in [-0.2, -0.15) is 4.31 Å². The highest BCUT2D eigenvalue weighted by atomic mass is 32.3. The molecule has 0 bridgehead atoms. The molecule has 0 aromatic rings. The van der Waals surface area contributed by atoms with Crippen LogP contribution in [0.5, 0.6) is 0 Å². The maximum atomic E-state index is 11.7. The lowest BCUT2D eigenvalue weighted by Crippen LogP contribution is -2.40. The van der Waals surface area contributed by atoms with Crippen LogP contribution in [0, 0.1) is 5.92 Å². The molecule has 0 atom stereocenters. The second-order valence-electron chi connectivity index (χ2n) is 4.29. The molecule has 9 heteroatoms. The lowest BCUT2D eigenvalue weighted by atomic mass is 10.4. The van der Waals surface area contributed by atoms with Gasteiger partial charge in [-0.1, -0.05) is 0 Å². The summed E-state index contributed by atoms with van der Waals surface area (Å²) in [4.78, 5) is 10.6. The second kappa shape index (κ2) is 4.91. The van der Waals surface area contributed by atoms with Gasteiger partial charge in [-0.3, -0.25) is 4.79 Å². The van der Waals surface area contributed by atoms with Crippen molar-refractivity contribution in [3.8, 4) is 0 Å². The van der Waals surface area contributed by atoms with E-state index < -0.39 is 37.5 Å². The van der Waals surface area contributed by atoms with E-state index >= 15 is 0 Å². The Morgan fingerprint density at radius 3 is 2.18 bits per heavy atom. The quantitative estimate of drug-likeness (QED) is 0.650. The largest absolute Gasteiger partial charge is 0.480 e. The van der Waals surface area contributed by atoms with Gasteiger partial charge in [0.15, 0.2) is 14.9 Å². The maximum Gasteiger partial charge on any atom is 0.318 e. The van der Waals surface area contributed by atoms with Crippen LogP contribution in [-0.4, -0.2) is 56.6 Å². The van der Waals surface area contributed by atoms with Gasteiger partial charge >= 0.3 is 5.97 Å². The fourth-order valence-corrected chi connectivity index (χ4v) is 4.87. The molecule has 0 heterocycles. The summed E-state index contributed by atoms with van der Waals surface area (Å²) in [5.74, 6) is -1.13. The van der Waals surface area contributed by atoms with Crippen LogP contribution in [0.4, 0.5) is 0 Å². The lowest BCUT2D eigenvalue weighted by Gasteiger charge is -2.19. The lowest BCUT2D eigenvalue weighted by molar-refractivity contribution is -0.137. The zero-order valence-corrected chi connectivity index (χ0v) is 11.0. The summed E-state index contributed by atoms with van der Waals surface area (Å²) >= 11 is 0. The molecular formula is C8H15NO6S2. The first-order valence-corrected chi connectivity index (χ1v) is 8.64. The van der Waals surface area contributed by atoms with Crippen molar-refractivity contribution >= 4 is 25.8 Å². The van der Waals surface area contributed by atoms with Crippen molar-refractivity contribution in [1.82, 2.24) is 4.31 Å². The molecule has 1 fully saturated rings. The molecule has 1 rings (SSSR count). The third-order valence-corrected chi connectivity index (χ3v) is 6.20. The Morgan fingerprint density at radius 2 is 1.82 bits per heavy atom. The van der Waals surface area contributed by atoms with E-state index in [4.69, 9.17) is 5.11 Å². The number of carboxylic acid groups (broad SMARTS) is 1. The summed E-state index contributed by atoms with van der Waals surface area (Å²) < 4.78 is 46.2. The summed E-state index contributed by atoms with van der Waals surface area (Å²) in [6, 6.07) is 0. The highest BCUT2D eigenvalue weighted by Crippen LogP contribution is 2.30. The standard InChI is InChI=1S/C8H15NO6S2/c1-16(12,13)6-17(14,15)9(5-8(10)11)4-7-2-3-7/h7H,2-6H2,1H3,(H,10,11). The summed E-state index contributed by atoms with van der Waals surface area (Å²) in [6.07, 6.45) is 2.51. The fourth-order valence-electron chi connectivity index (χ4n) is 1.36. The van der Waals surface area contributed by atoms with Crippen molar-refractivity contribution in [1.29, 1.82) is 0 Å². The minimum Gasteiger partial charge on any atom is -0.480 e. The van der Waals surface area contributed by atoms with Crippen LogP contribution in [0.15, 0.2) is 0 Å². The second-order valence-corrected chi connectivity index (χ2v) is 8.76. The minimum absolute atomic E-state index is 0.0875. The molecule has 0 aromatic heterocycles. The zero-order chi connectivity index (χ0) is 13.3. The Labute approximate surface area is 100 Å². The van der Waals surface area contributed by atoms with Crippen LogP contribution in [-0.2, 0) is 24.7 Å². The van der Waals surface area contributed by atoms with Gasteiger partial charge in [0.25, 0.3) is 0 Å². The van der Waals surface area contributed by atoms with Crippen molar-refractivity contribution in [3.05, 3.63) is 0 Å². The van der Waals surface area contributed by atoms with Crippen LogP contribution in [0.2, 0.25) is 0 Å². The molecule has 1 aliphatic rings. The Hall–Kier alpha value is -0.670. The van der Waals surface area contributed by atoms with E-state index in [0.717, 1.165) is 23.4 Å². The summed E-state index contributed by atoms with van der Waals surface area (Å²) in [5.41, 5.74) is 0. The number of aliphatic carboxylic acids is 1. The molecule has 100 valence electrons. The normalized spacial score (nSPS) is 17.3. The van der Waals surface area contributed by atoms with E-state index in [1.165, 1.54) is 0 Å². The number of carboxylic acids is 1. The molecule has 0 radical (unpaired) electrons. The number of sulfone groups is 1. The van der Waals surface area contributed by atoms with Crippen LogP contribution in [0.3, 0.4) is 0 Å². The third-order valence-electron chi connectivity index (χ3n) is 2.23. The SMILES string of the molecule is CS(=O)(=O)CS(=O)(=O)N(CC(=O)O)CC1CC1. The predicted octanol–water partition coefficient (Wildman–Crippen LogP) is -0.885. The molecule has 7 nitrogen and oxygen atoms in total. The first kappa shape index (κ1) is 14.4. The van der Waals surface area contributed by atoms with Gasteiger partial charge in [-0.15, -0.1) is 0 Å². The summed E-state index contributed by atoms with van der Waals surface area (Å²) in [5, 5.41) is 7.58. The monoisotopic (exact) mass is 285 g/mol. The average Bonchev–Trinajstić information content (AvgIpc) is 2.81. The molecule has 0 aliphatic heterocycles. The summed E-state index contributed by atoms with van der Waals surface area (Å²) in [6.45, 7) is -0.599. The van der Waals surface area contributed by atoms with Crippen molar-refractivity contribution < 1.29 is 26.7 Å². The van der Waals surface area contributed by atoms with Crippen molar-refractivity contribution in [2.75, 3.05) is 24.4 Å². The van der Waals surface area contributed by atoms with Crippen LogP contribution in [0.1, 0.15) is 12.8 Å². The first-order chi connectivity index (χ1) is 7.60. The number of carbonyl (C=O) groups is 1. The molecule has 0 amide bonds. The smallest absolute Gasteiger partial charge is 0.318 e. The summed E-state index contributed by atoms with van der Waals surface area (Å²) in [7, 11) is -7.77. The molecule has 1 saturated carbocycles. The Bertz CT molecular complexity index is 490. The molecular weight excluding hydrogens is 270 g/mol. The number of hydrogen-bond donors (Lipinski definition) is 1. The first-order valence-electron chi connectivity index (χ1n) is 4.97. The molecule has 0 unspecified atom stereocenters. The number of nitrogens with zero attached hydrogens (tertiary/aromatic N) is 1. The van der Waals surface area contributed by atoms with Crippen molar-refractivity contribution in [2.24, 2.45) is 5.92 Å². The van der Waals surface area contributed by atoms with Crippen LogP contribution in [0.25, 0.3) is 0 Å². The average molecular weight is 285 g/mol. The zero-order valence-electron chi connectivity index (χ0n) is 9.37. The van der Waals surface area contributed by atoms with Crippen molar-refractivity contribution in [3.63, 3.8) is 0 Å². The molecule has 1 N–H and O–H groups in total. The Morgan fingerprint density at radius 1 is 1.29 bits per heavy atom. The van der Waals surface area contributed by atoms with Gasteiger partial charge in [-0.25, -0.2) is 16.8 Å². The molecule has 0 saturated heterocycles. The highest BCUT2D eigenvalue weighted by molar-refractivity contribution is 8.06. The van der Waals surface area contributed by atoms with E-state index in [2.05, 4.69) is 0 Å². The molecule has 0 spiro atoms. The van der Waals surface area contributed by atoms with Gasteiger partial charge < -0.3 is 5.11 Å². The number of sulfonamides is 1.